The van der Waals surface area contributed by atoms with Gasteiger partial charge in [0.15, 0.2) is 0 Å². The van der Waals surface area contributed by atoms with Crippen molar-refractivity contribution in [1.29, 1.82) is 0 Å². The fourth-order valence-corrected chi connectivity index (χ4v) is 4.24. The van der Waals surface area contributed by atoms with Crippen LogP contribution in [0.5, 0.6) is 5.75 Å². The van der Waals surface area contributed by atoms with Crippen LogP contribution in [0.15, 0.2) is 48.2 Å². The molecule has 6 heteroatoms. The van der Waals surface area contributed by atoms with Crippen molar-refractivity contribution in [2.45, 2.75) is 27.2 Å². The van der Waals surface area contributed by atoms with E-state index < -0.39 is 0 Å². The molecule has 2 aromatic rings. The number of nitrogens with zero attached hydrogens (tertiary/aromatic N) is 3. The highest BCUT2D eigenvalue weighted by molar-refractivity contribution is 6.45. The van der Waals surface area contributed by atoms with Crippen LogP contribution in [0.1, 0.15) is 30.0 Å². The number of rotatable bonds is 6. The van der Waals surface area contributed by atoms with Crippen molar-refractivity contribution in [2.24, 2.45) is 0 Å². The third kappa shape index (κ3) is 4.02. The first-order chi connectivity index (χ1) is 15.4. The van der Waals surface area contributed by atoms with Crippen LogP contribution in [0, 0.1) is 13.8 Å². The third-order valence-electron chi connectivity index (χ3n) is 6.31. The first-order valence-electron chi connectivity index (χ1n) is 11.3. The molecule has 2 aliphatic rings. The molecule has 2 aromatic carbocycles. The average molecular weight is 434 g/mol. The summed E-state index contributed by atoms with van der Waals surface area (Å²) in [7, 11) is 2.08. The van der Waals surface area contributed by atoms with Crippen molar-refractivity contribution in [3.63, 3.8) is 0 Å². The molecule has 0 N–H and O–H groups in total. The molecule has 2 aliphatic heterocycles. The number of piperazine rings is 1. The first-order valence-corrected chi connectivity index (χ1v) is 11.3. The molecule has 32 heavy (non-hydrogen) atoms. The number of hydrogen-bond donors (Lipinski definition) is 0. The van der Waals surface area contributed by atoms with E-state index in [0.29, 0.717) is 36.7 Å². The molecular weight excluding hydrogens is 402 g/mol. The van der Waals surface area contributed by atoms with Gasteiger partial charge in [0.1, 0.15) is 11.4 Å². The maximum absolute atomic E-state index is 13.7. The normalized spacial score (nSPS) is 17.5. The van der Waals surface area contributed by atoms with E-state index in [1.165, 1.54) is 4.90 Å². The van der Waals surface area contributed by atoms with Gasteiger partial charge in [0, 0.05) is 26.2 Å². The van der Waals surface area contributed by atoms with E-state index >= 15 is 0 Å². The third-order valence-corrected chi connectivity index (χ3v) is 6.31. The molecule has 1 fully saturated rings. The SMILES string of the molecule is CCCOc1ccc(C2=C(N3CCN(C)CC3)C(=O)N(c3cccc(C)c3C)C2=O)cc1. The van der Waals surface area contributed by atoms with Gasteiger partial charge in [-0.2, -0.15) is 0 Å². The van der Waals surface area contributed by atoms with Gasteiger partial charge in [0.05, 0.1) is 17.9 Å². The molecule has 0 spiro atoms. The molecule has 0 atom stereocenters. The molecule has 2 amide bonds. The lowest BCUT2D eigenvalue weighted by Crippen LogP contribution is -2.46. The predicted octanol–water partition coefficient (Wildman–Crippen LogP) is 3.62. The zero-order valence-electron chi connectivity index (χ0n) is 19.4. The van der Waals surface area contributed by atoms with Crippen molar-refractivity contribution in [3.05, 3.63) is 64.9 Å². The van der Waals surface area contributed by atoms with Crippen LogP contribution in [0.4, 0.5) is 5.69 Å². The second-order valence-electron chi connectivity index (χ2n) is 8.55. The molecule has 0 aromatic heterocycles. The highest BCUT2D eigenvalue weighted by atomic mass is 16.5. The molecule has 0 unspecified atom stereocenters. The molecule has 0 saturated carbocycles. The average Bonchev–Trinajstić information content (AvgIpc) is 3.05. The van der Waals surface area contributed by atoms with E-state index in [1.807, 2.05) is 56.3 Å². The van der Waals surface area contributed by atoms with Crippen LogP contribution in [-0.4, -0.2) is 61.4 Å². The Hall–Kier alpha value is -3.12. The second kappa shape index (κ2) is 9.17. The fraction of sp³-hybridized carbons (Fsp3) is 0.385. The maximum atomic E-state index is 13.7. The molecular formula is C26H31N3O3. The molecule has 0 aliphatic carbocycles. The van der Waals surface area contributed by atoms with Crippen LogP contribution in [0.2, 0.25) is 0 Å². The number of imide groups is 1. The molecule has 168 valence electrons. The zero-order chi connectivity index (χ0) is 22.8. The summed E-state index contributed by atoms with van der Waals surface area (Å²) in [6.07, 6.45) is 0.929. The number of amides is 2. The van der Waals surface area contributed by atoms with Crippen molar-refractivity contribution < 1.29 is 14.3 Å². The van der Waals surface area contributed by atoms with Crippen LogP contribution in [0.25, 0.3) is 5.57 Å². The topological polar surface area (TPSA) is 53.1 Å². The Bertz CT molecular complexity index is 1050. The number of ether oxygens (including phenoxy) is 1. The minimum atomic E-state index is -0.264. The fourth-order valence-electron chi connectivity index (χ4n) is 4.24. The summed E-state index contributed by atoms with van der Waals surface area (Å²) in [6.45, 7) is 9.79. The van der Waals surface area contributed by atoms with Gasteiger partial charge in [-0.3, -0.25) is 9.59 Å². The Kier molecular flexibility index (Phi) is 6.33. The number of benzene rings is 2. The number of hydrogen-bond acceptors (Lipinski definition) is 5. The second-order valence-corrected chi connectivity index (χ2v) is 8.55. The summed E-state index contributed by atoms with van der Waals surface area (Å²) in [5.74, 6) is 0.259. The van der Waals surface area contributed by atoms with E-state index in [0.717, 1.165) is 42.0 Å². The van der Waals surface area contributed by atoms with E-state index in [4.69, 9.17) is 4.74 Å². The van der Waals surface area contributed by atoms with Crippen molar-refractivity contribution in [1.82, 2.24) is 9.80 Å². The lowest BCUT2D eigenvalue weighted by Gasteiger charge is -2.34. The molecule has 2 heterocycles. The standard InChI is InChI=1S/C26H31N3O3/c1-5-17-32-21-11-9-20(10-12-21)23-24(28-15-13-27(4)14-16-28)26(31)29(25(23)30)22-8-6-7-18(2)19(22)3/h6-12H,5,13-17H2,1-4H3. The van der Waals surface area contributed by atoms with Crippen LogP contribution in [0.3, 0.4) is 0 Å². The quantitative estimate of drug-likeness (QED) is 0.652. The van der Waals surface area contributed by atoms with Gasteiger partial charge in [-0.25, -0.2) is 4.90 Å². The first kappa shape index (κ1) is 22.1. The molecule has 0 bridgehead atoms. The minimum Gasteiger partial charge on any atom is -0.494 e. The predicted molar refractivity (Wildman–Crippen MR) is 127 cm³/mol. The summed E-state index contributed by atoms with van der Waals surface area (Å²) < 4.78 is 5.70. The summed E-state index contributed by atoms with van der Waals surface area (Å²) in [5, 5.41) is 0. The molecule has 0 radical (unpaired) electrons. The smallest absolute Gasteiger partial charge is 0.282 e. The van der Waals surface area contributed by atoms with Gasteiger partial charge in [-0.1, -0.05) is 31.2 Å². The summed E-state index contributed by atoms with van der Waals surface area (Å²) in [6, 6.07) is 13.3. The zero-order valence-corrected chi connectivity index (χ0v) is 19.4. The van der Waals surface area contributed by atoms with Gasteiger partial charge < -0.3 is 14.5 Å². The Balaban J connectivity index is 1.77. The van der Waals surface area contributed by atoms with E-state index in [9.17, 15) is 9.59 Å². The van der Waals surface area contributed by atoms with E-state index in [1.54, 1.807) is 0 Å². The highest BCUT2D eigenvalue weighted by Crippen LogP contribution is 2.37. The summed E-state index contributed by atoms with van der Waals surface area (Å²) >= 11 is 0. The lowest BCUT2D eigenvalue weighted by atomic mass is 10.0. The Morgan fingerprint density at radius 1 is 0.906 bits per heavy atom. The van der Waals surface area contributed by atoms with Crippen LogP contribution in [-0.2, 0) is 9.59 Å². The lowest BCUT2D eigenvalue weighted by molar-refractivity contribution is -0.120. The number of anilines is 1. The molecule has 4 rings (SSSR count). The maximum Gasteiger partial charge on any atom is 0.282 e. The largest absolute Gasteiger partial charge is 0.494 e. The van der Waals surface area contributed by atoms with Crippen molar-refractivity contribution in [2.75, 3.05) is 44.7 Å². The van der Waals surface area contributed by atoms with E-state index in [-0.39, 0.29) is 11.8 Å². The number of carbonyl (C=O) groups excluding carboxylic acids is 2. The minimum absolute atomic E-state index is 0.241. The molecule has 1 saturated heterocycles. The summed E-state index contributed by atoms with van der Waals surface area (Å²) in [5.41, 5.74) is 4.37. The number of likely N-dealkylation sites (N-methyl/N-ethyl adjacent to an activating group) is 1. The number of aryl methyl sites for hydroxylation is 1. The Morgan fingerprint density at radius 3 is 2.25 bits per heavy atom. The molecule has 6 nitrogen and oxygen atoms in total. The Morgan fingerprint density at radius 2 is 1.59 bits per heavy atom. The van der Waals surface area contributed by atoms with Gasteiger partial charge in [0.25, 0.3) is 11.8 Å². The van der Waals surface area contributed by atoms with E-state index in [2.05, 4.69) is 23.8 Å². The number of carbonyl (C=O) groups is 2. The van der Waals surface area contributed by atoms with Gasteiger partial charge in [-0.15, -0.1) is 0 Å². The summed E-state index contributed by atoms with van der Waals surface area (Å²) in [4.78, 5) is 33.1. The van der Waals surface area contributed by atoms with Crippen LogP contribution >= 0.6 is 0 Å². The van der Waals surface area contributed by atoms with Gasteiger partial charge in [0.2, 0.25) is 0 Å². The van der Waals surface area contributed by atoms with Crippen LogP contribution < -0.4 is 9.64 Å². The van der Waals surface area contributed by atoms with Gasteiger partial charge >= 0.3 is 0 Å². The Labute approximate surface area is 190 Å². The van der Waals surface area contributed by atoms with Crippen molar-refractivity contribution in [3.8, 4) is 5.75 Å². The van der Waals surface area contributed by atoms with Gasteiger partial charge in [-0.05, 0) is 62.2 Å². The highest BCUT2D eigenvalue weighted by Gasteiger charge is 2.43. The van der Waals surface area contributed by atoms with Crippen molar-refractivity contribution >= 4 is 23.1 Å². The monoisotopic (exact) mass is 433 g/mol.